The molecule has 0 amide bonds. The van der Waals surface area contributed by atoms with Crippen LogP contribution in [-0.4, -0.2) is 22.9 Å². The fourth-order valence-corrected chi connectivity index (χ4v) is 3.61. The number of hydrogen-bond acceptors (Lipinski definition) is 2. The van der Waals surface area contributed by atoms with Gasteiger partial charge in [-0.3, -0.25) is 4.68 Å². The van der Waals surface area contributed by atoms with Gasteiger partial charge in [0.05, 0.1) is 6.20 Å². The minimum Gasteiger partial charge on any atom is -0.317 e. The highest BCUT2D eigenvalue weighted by Crippen LogP contribution is 2.28. The van der Waals surface area contributed by atoms with Crippen molar-refractivity contribution < 1.29 is 0 Å². The Kier molecular flexibility index (Phi) is 4.39. The molecule has 2 unspecified atom stereocenters. The second-order valence-corrected chi connectivity index (χ2v) is 6.23. The van der Waals surface area contributed by atoms with E-state index in [0.717, 1.165) is 12.3 Å². The lowest BCUT2D eigenvalue weighted by Crippen LogP contribution is -2.37. The van der Waals surface area contributed by atoms with Crippen molar-refractivity contribution in [1.82, 2.24) is 15.1 Å². The van der Waals surface area contributed by atoms with E-state index < -0.39 is 0 Å². The molecular formula is C18H25N3. The summed E-state index contributed by atoms with van der Waals surface area (Å²) < 4.78 is 1.89. The summed E-state index contributed by atoms with van der Waals surface area (Å²) in [4.78, 5) is 0. The third-order valence-electron chi connectivity index (χ3n) is 4.83. The number of nitrogens with one attached hydrogen (secondary N) is 1. The SMILES string of the molecule is CNC(CCc1cnn(C)c1)C1CCc2ccccc2C1. The zero-order valence-electron chi connectivity index (χ0n) is 13.0. The molecule has 0 saturated carbocycles. The van der Waals surface area contributed by atoms with Crippen LogP contribution in [0.4, 0.5) is 0 Å². The predicted molar refractivity (Wildman–Crippen MR) is 86.3 cm³/mol. The summed E-state index contributed by atoms with van der Waals surface area (Å²) >= 11 is 0. The Morgan fingerprint density at radius 2 is 2.14 bits per heavy atom. The van der Waals surface area contributed by atoms with E-state index in [1.54, 1.807) is 11.1 Å². The number of hydrogen-bond donors (Lipinski definition) is 1. The molecule has 21 heavy (non-hydrogen) atoms. The maximum atomic E-state index is 4.26. The Morgan fingerprint density at radius 1 is 1.33 bits per heavy atom. The molecule has 0 saturated heterocycles. The van der Waals surface area contributed by atoms with Crippen molar-refractivity contribution in [2.45, 2.75) is 38.1 Å². The Bertz CT molecular complexity index is 588. The topological polar surface area (TPSA) is 29.9 Å². The quantitative estimate of drug-likeness (QED) is 0.914. The zero-order chi connectivity index (χ0) is 14.7. The van der Waals surface area contributed by atoms with Gasteiger partial charge >= 0.3 is 0 Å². The minimum absolute atomic E-state index is 0.596. The number of benzene rings is 1. The molecule has 2 aromatic rings. The molecule has 0 aliphatic heterocycles. The van der Waals surface area contributed by atoms with Gasteiger partial charge < -0.3 is 5.32 Å². The minimum atomic E-state index is 0.596. The highest BCUT2D eigenvalue weighted by Gasteiger charge is 2.24. The summed E-state index contributed by atoms with van der Waals surface area (Å²) in [6.07, 6.45) is 10.2. The van der Waals surface area contributed by atoms with Crippen LogP contribution in [0.3, 0.4) is 0 Å². The van der Waals surface area contributed by atoms with Crippen LogP contribution in [0.25, 0.3) is 0 Å². The van der Waals surface area contributed by atoms with Gasteiger partial charge in [-0.2, -0.15) is 5.10 Å². The second-order valence-electron chi connectivity index (χ2n) is 6.23. The fraction of sp³-hybridized carbons (Fsp3) is 0.500. The van der Waals surface area contributed by atoms with Crippen molar-refractivity contribution in [2.24, 2.45) is 13.0 Å². The molecule has 1 aliphatic rings. The van der Waals surface area contributed by atoms with Crippen molar-refractivity contribution in [3.05, 3.63) is 53.3 Å². The summed E-state index contributed by atoms with van der Waals surface area (Å²) in [5.74, 6) is 0.751. The molecule has 3 rings (SSSR count). The summed E-state index contributed by atoms with van der Waals surface area (Å²) in [6.45, 7) is 0. The highest BCUT2D eigenvalue weighted by atomic mass is 15.2. The van der Waals surface area contributed by atoms with E-state index in [1.165, 1.54) is 31.2 Å². The average Bonchev–Trinajstić information content (AvgIpc) is 2.93. The van der Waals surface area contributed by atoms with Crippen molar-refractivity contribution in [3.63, 3.8) is 0 Å². The summed E-state index contributed by atoms with van der Waals surface area (Å²) in [7, 11) is 4.09. The molecule has 0 spiro atoms. The Labute approximate surface area is 127 Å². The number of nitrogens with zero attached hydrogens (tertiary/aromatic N) is 2. The number of aryl methyl sites for hydroxylation is 3. The lowest BCUT2D eigenvalue weighted by molar-refractivity contribution is 0.320. The van der Waals surface area contributed by atoms with E-state index in [4.69, 9.17) is 0 Å². The van der Waals surface area contributed by atoms with E-state index in [2.05, 4.69) is 47.9 Å². The Balaban J connectivity index is 1.62. The van der Waals surface area contributed by atoms with Gasteiger partial charge in [-0.1, -0.05) is 24.3 Å². The largest absolute Gasteiger partial charge is 0.317 e. The van der Waals surface area contributed by atoms with Gasteiger partial charge in [0.25, 0.3) is 0 Å². The summed E-state index contributed by atoms with van der Waals surface area (Å²) in [6, 6.07) is 9.52. The van der Waals surface area contributed by atoms with Gasteiger partial charge in [-0.15, -0.1) is 0 Å². The first kappa shape index (κ1) is 14.3. The van der Waals surface area contributed by atoms with E-state index in [9.17, 15) is 0 Å². The van der Waals surface area contributed by atoms with Crippen LogP contribution in [0.1, 0.15) is 29.5 Å². The van der Waals surface area contributed by atoms with Crippen LogP contribution in [0.15, 0.2) is 36.7 Å². The molecule has 0 radical (unpaired) electrons. The van der Waals surface area contributed by atoms with Gasteiger partial charge in [0.2, 0.25) is 0 Å². The van der Waals surface area contributed by atoms with Crippen LogP contribution in [0, 0.1) is 5.92 Å². The predicted octanol–water partition coefficient (Wildman–Crippen LogP) is 2.75. The first-order valence-corrected chi connectivity index (χ1v) is 7.98. The third kappa shape index (κ3) is 3.35. The molecule has 0 fully saturated rings. The van der Waals surface area contributed by atoms with Gasteiger partial charge in [-0.25, -0.2) is 0 Å². The lowest BCUT2D eigenvalue weighted by Gasteiger charge is -2.31. The smallest absolute Gasteiger partial charge is 0.0521 e. The normalized spacial score (nSPS) is 19.2. The third-order valence-corrected chi connectivity index (χ3v) is 4.83. The van der Waals surface area contributed by atoms with Crippen molar-refractivity contribution in [1.29, 1.82) is 0 Å². The van der Waals surface area contributed by atoms with Gasteiger partial charge in [0.1, 0.15) is 0 Å². The molecule has 1 aromatic heterocycles. The van der Waals surface area contributed by atoms with Crippen LogP contribution in [0.5, 0.6) is 0 Å². The molecule has 1 N–H and O–H groups in total. The molecule has 2 atom stereocenters. The van der Waals surface area contributed by atoms with Gasteiger partial charge in [0.15, 0.2) is 0 Å². The molecule has 3 nitrogen and oxygen atoms in total. The molecule has 0 bridgehead atoms. The number of aromatic nitrogens is 2. The maximum absolute atomic E-state index is 4.26. The second kappa shape index (κ2) is 6.44. The molecular weight excluding hydrogens is 258 g/mol. The molecule has 1 aliphatic carbocycles. The Hall–Kier alpha value is -1.61. The van der Waals surface area contributed by atoms with Crippen molar-refractivity contribution in [2.75, 3.05) is 7.05 Å². The number of rotatable bonds is 5. The van der Waals surface area contributed by atoms with E-state index in [1.807, 2.05) is 17.9 Å². The molecule has 3 heteroatoms. The fourth-order valence-electron chi connectivity index (χ4n) is 3.61. The van der Waals surface area contributed by atoms with Crippen molar-refractivity contribution >= 4 is 0 Å². The van der Waals surface area contributed by atoms with Gasteiger partial charge in [0, 0.05) is 19.3 Å². The van der Waals surface area contributed by atoms with E-state index >= 15 is 0 Å². The van der Waals surface area contributed by atoms with Gasteiger partial charge in [-0.05, 0) is 61.8 Å². The Morgan fingerprint density at radius 3 is 2.86 bits per heavy atom. The van der Waals surface area contributed by atoms with Crippen LogP contribution in [-0.2, 0) is 26.3 Å². The summed E-state index contributed by atoms with van der Waals surface area (Å²) in [5.41, 5.74) is 4.44. The molecule has 1 heterocycles. The average molecular weight is 283 g/mol. The zero-order valence-corrected chi connectivity index (χ0v) is 13.0. The lowest BCUT2D eigenvalue weighted by atomic mass is 9.78. The van der Waals surface area contributed by atoms with Crippen molar-refractivity contribution in [3.8, 4) is 0 Å². The highest BCUT2D eigenvalue weighted by molar-refractivity contribution is 5.30. The maximum Gasteiger partial charge on any atom is 0.0521 e. The number of fused-ring (bicyclic) bond motifs is 1. The standard InChI is InChI=1S/C18H25N3/c1-19-18(10-7-14-12-20-21(2)13-14)17-9-8-15-5-3-4-6-16(15)11-17/h3-6,12-13,17-19H,7-11H2,1-2H3. The van der Waals surface area contributed by atoms with Crippen LogP contribution >= 0.6 is 0 Å². The molecule has 112 valence electrons. The summed E-state index contributed by atoms with van der Waals surface area (Å²) in [5, 5.41) is 7.81. The monoisotopic (exact) mass is 283 g/mol. The van der Waals surface area contributed by atoms with Crippen LogP contribution < -0.4 is 5.32 Å². The van der Waals surface area contributed by atoms with E-state index in [0.29, 0.717) is 6.04 Å². The molecule has 1 aromatic carbocycles. The van der Waals surface area contributed by atoms with Crippen LogP contribution in [0.2, 0.25) is 0 Å². The first-order valence-electron chi connectivity index (χ1n) is 7.98. The van der Waals surface area contributed by atoms with E-state index in [-0.39, 0.29) is 0 Å². The first-order chi connectivity index (χ1) is 10.3.